The number of hydrogen-bond acceptors (Lipinski definition) is 16. The highest BCUT2D eigenvalue weighted by atomic mass is 16.7. The molecule has 18 nitrogen and oxygen atoms in total. The van der Waals surface area contributed by atoms with Gasteiger partial charge in [-0.1, -0.05) is 10.3 Å². The Hall–Kier alpha value is -5.04. The molecule has 2 aromatic rings. The van der Waals surface area contributed by atoms with E-state index in [2.05, 4.69) is 20.1 Å². The lowest BCUT2D eigenvalue weighted by Gasteiger charge is -2.26. The molecule has 54 heavy (non-hydrogen) atoms. The van der Waals surface area contributed by atoms with E-state index in [-0.39, 0.29) is 25.8 Å². The molecule has 6 heterocycles. The number of fused-ring (bicyclic) bond motifs is 2. The van der Waals surface area contributed by atoms with Gasteiger partial charge in [0.05, 0.1) is 52.1 Å². The van der Waals surface area contributed by atoms with Crippen molar-refractivity contribution in [2.24, 2.45) is 10.3 Å². The molecule has 6 aliphatic heterocycles. The maximum Gasteiger partial charge on any atom is 0.414 e. The zero-order valence-corrected chi connectivity index (χ0v) is 30.4. The molecule has 2 fully saturated rings. The minimum absolute atomic E-state index is 0.0612. The molecule has 0 aromatic heterocycles. The Kier molecular flexibility index (Phi) is 13.5. The molecule has 0 spiro atoms. The van der Waals surface area contributed by atoms with E-state index in [1.54, 1.807) is 14.2 Å². The number of carbonyl (C=O) groups is 2. The Bertz CT molecular complexity index is 1550. The van der Waals surface area contributed by atoms with Crippen LogP contribution in [0.3, 0.4) is 0 Å². The maximum atomic E-state index is 9.10. The molecule has 2 saturated heterocycles. The smallest absolute Gasteiger partial charge is 0.414 e. The zero-order valence-electron chi connectivity index (χ0n) is 30.4. The molecule has 0 amide bonds. The van der Waals surface area contributed by atoms with Gasteiger partial charge in [-0.05, 0) is 35.4 Å². The highest BCUT2D eigenvalue weighted by molar-refractivity contribution is 6.27. The summed E-state index contributed by atoms with van der Waals surface area (Å²) in [7, 11) is 3.27. The van der Waals surface area contributed by atoms with Crippen molar-refractivity contribution < 1.29 is 67.4 Å². The van der Waals surface area contributed by atoms with Gasteiger partial charge in [0.1, 0.15) is 12.2 Å². The SMILES string of the molecule is COc1cc(CC2CC(CN3CCOCC3)=NO2)cc2c1OCO2.COc1cc(CC2CC(CN3CCOCC3)=NO2)cc2c1OCO2.O=C(O)C(=O)O. The Balaban J connectivity index is 0.000000160. The third-order valence-electron chi connectivity index (χ3n) is 9.15. The number of oxime groups is 2. The summed E-state index contributed by atoms with van der Waals surface area (Å²) in [5.41, 5.74) is 4.41. The average Bonchev–Trinajstić information content (AvgIpc) is 4.01. The van der Waals surface area contributed by atoms with Crippen molar-refractivity contribution in [3.05, 3.63) is 35.4 Å². The third kappa shape index (κ3) is 10.6. The summed E-state index contributed by atoms with van der Waals surface area (Å²) in [5, 5.41) is 23.3. The molecular weight excluding hydrogens is 712 g/mol. The van der Waals surface area contributed by atoms with Crippen molar-refractivity contribution in [3.8, 4) is 34.5 Å². The minimum atomic E-state index is -1.82. The van der Waals surface area contributed by atoms with Crippen LogP contribution in [0.5, 0.6) is 34.5 Å². The summed E-state index contributed by atoms with van der Waals surface area (Å²) in [6.07, 6.45) is 3.37. The van der Waals surface area contributed by atoms with Crippen LogP contribution in [0.4, 0.5) is 0 Å². The van der Waals surface area contributed by atoms with Gasteiger partial charge in [-0.15, -0.1) is 0 Å². The van der Waals surface area contributed by atoms with Crippen molar-refractivity contribution in [1.29, 1.82) is 0 Å². The second-order valence-electron chi connectivity index (χ2n) is 13.0. The molecule has 18 heteroatoms. The van der Waals surface area contributed by atoms with E-state index in [1.165, 1.54) is 0 Å². The molecule has 0 radical (unpaired) electrons. The first-order valence-corrected chi connectivity index (χ1v) is 17.7. The first kappa shape index (κ1) is 38.7. The number of carboxylic acids is 2. The molecule has 2 N–H and O–H groups in total. The number of carboxylic acid groups (broad SMARTS) is 2. The lowest BCUT2D eigenvalue weighted by Crippen LogP contribution is -2.39. The summed E-state index contributed by atoms with van der Waals surface area (Å²) in [6, 6.07) is 7.95. The van der Waals surface area contributed by atoms with Crippen LogP contribution in [0.2, 0.25) is 0 Å². The summed E-state index contributed by atoms with van der Waals surface area (Å²) in [6.45, 7) is 9.25. The van der Waals surface area contributed by atoms with Crippen LogP contribution < -0.4 is 28.4 Å². The van der Waals surface area contributed by atoms with Crippen LogP contribution in [-0.4, -0.2) is 149 Å². The first-order chi connectivity index (χ1) is 26.3. The molecule has 0 saturated carbocycles. The Morgan fingerprint density at radius 3 is 1.44 bits per heavy atom. The summed E-state index contributed by atoms with van der Waals surface area (Å²) in [5.74, 6) is 0.578. The molecule has 6 aliphatic rings. The largest absolute Gasteiger partial charge is 0.493 e. The number of methoxy groups -OCH3 is 2. The van der Waals surface area contributed by atoms with Crippen LogP contribution in [-0.2, 0) is 41.6 Å². The van der Waals surface area contributed by atoms with Crippen LogP contribution in [0.15, 0.2) is 34.6 Å². The second-order valence-corrected chi connectivity index (χ2v) is 13.0. The second kappa shape index (κ2) is 18.8. The fraction of sp³-hybridized carbons (Fsp3) is 0.556. The highest BCUT2D eigenvalue weighted by Gasteiger charge is 2.28. The van der Waals surface area contributed by atoms with Crippen molar-refractivity contribution >= 4 is 23.4 Å². The van der Waals surface area contributed by atoms with Gasteiger partial charge in [0.2, 0.25) is 25.1 Å². The van der Waals surface area contributed by atoms with E-state index < -0.39 is 11.9 Å². The normalized spacial score (nSPS) is 21.3. The molecule has 2 atom stereocenters. The topological polar surface area (TPSA) is 198 Å². The highest BCUT2D eigenvalue weighted by Crippen LogP contribution is 2.43. The van der Waals surface area contributed by atoms with E-state index in [4.69, 9.17) is 67.4 Å². The van der Waals surface area contributed by atoms with Crippen LogP contribution in [0.25, 0.3) is 0 Å². The van der Waals surface area contributed by atoms with Crippen molar-refractivity contribution in [2.75, 3.05) is 93.5 Å². The number of aliphatic carboxylic acids is 2. The summed E-state index contributed by atoms with van der Waals surface area (Å²) >= 11 is 0. The van der Waals surface area contributed by atoms with Gasteiger partial charge in [0, 0.05) is 65.0 Å². The molecule has 294 valence electrons. The maximum absolute atomic E-state index is 9.10. The third-order valence-corrected chi connectivity index (χ3v) is 9.15. The minimum Gasteiger partial charge on any atom is -0.493 e. The fourth-order valence-corrected chi connectivity index (χ4v) is 6.54. The number of hydrogen-bond donors (Lipinski definition) is 2. The van der Waals surface area contributed by atoms with Crippen LogP contribution in [0.1, 0.15) is 24.0 Å². The monoisotopic (exact) mass is 758 g/mol. The first-order valence-electron chi connectivity index (χ1n) is 17.7. The quantitative estimate of drug-likeness (QED) is 0.334. The molecule has 8 rings (SSSR count). The molecule has 2 unspecified atom stereocenters. The van der Waals surface area contributed by atoms with Gasteiger partial charge in [0.25, 0.3) is 0 Å². The van der Waals surface area contributed by atoms with Gasteiger partial charge in [-0.2, -0.15) is 0 Å². The van der Waals surface area contributed by atoms with Gasteiger partial charge in [-0.25, -0.2) is 9.59 Å². The van der Waals surface area contributed by atoms with Gasteiger partial charge in [-0.3, -0.25) is 9.80 Å². The Labute approximate surface area is 311 Å². The van der Waals surface area contributed by atoms with E-state index in [0.717, 1.165) is 125 Å². The number of ether oxygens (including phenoxy) is 8. The van der Waals surface area contributed by atoms with E-state index >= 15 is 0 Å². The molecule has 2 aromatic carbocycles. The lowest BCUT2D eigenvalue weighted by atomic mass is 10.0. The van der Waals surface area contributed by atoms with Crippen molar-refractivity contribution in [3.63, 3.8) is 0 Å². The summed E-state index contributed by atoms with van der Waals surface area (Å²) in [4.78, 5) is 34.2. The zero-order chi connectivity index (χ0) is 37.9. The average molecular weight is 759 g/mol. The standard InChI is InChI=1S/2C17H22N2O5.C2H2O4/c2*1-20-15-7-12(8-16-17(15)23-11-22-16)6-14-9-13(18-24-14)10-19-2-4-21-5-3-19;3-1(4)2(5)6/h2*7-8,14H,2-6,9-11H2,1H3;(H,3,4)(H,5,6). The van der Waals surface area contributed by atoms with Crippen LogP contribution >= 0.6 is 0 Å². The Morgan fingerprint density at radius 2 is 1.07 bits per heavy atom. The number of benzene rings is 2. The molecule has 0 bridgehead atoms. The van der Waals surface area contributed by atoms with E-state index in [1.807, 2.05) is 24.3 Å². The van der Waals surface area contributed by atoms with Crippen LogP contribution in [0, 0.1) is 0 Å². The van der Waals surface area contributed by atoms with Crippen molar-refractivity contribution in [2.45, 2.75) is 37.9 Å². The molecular formula is C36H46N4O14. The number of morpholine rings is 2. The number of nitrogens with zero attached hydrogens (tertiary/aromatic N) is 4. The number of rotatable bonds is 10. The fourth-order valence-electron chi connectivity index (χ4n) is 6.54. The van der Waals surface area contributed by atoms with E-state index in [9.17, 15) is 0 Å². The van der Waals surface area contributed by atoms with E-state index in [0.29, 0.717) is 23.0 Å². The van der Waals surface area contributed by atoms with Gasteiger partial charge >= 0.3 is 11.9 Å². The summed E-state index contributed by atoms with van der Waals surface area (Å²) < 4.78 is 43.3. The Morgan fingerprint density at radius 1 is 0.667 bits per heavy atom. The predicted octanol–water partition coefficient (Wildman–Crippen LogP) is 2.04. The molecule has 0 aliphatic carbocycles. The predicted molar refractivity (Wildman–Crippen MR) is 189 cm³/mol. The van der Waals surface area contributed by atoms with Gasteiger partial charge in [0.15, 0.2) is 23.0 Å². The van der Waals surface area contributed by atoms with Gasteiger partial charge < -0.3 is 57.8 Å². The lowest BCUT2D eigenvalue weighted by molar-refractivity contribution is -0.159. The van der Waals surface area contributed by atoms with Crippen molar-refractivity contribution in [1.82, 2.24) is 9.80 Å².